The van der Waals surface area contributed by atoms with Gasteiger partial charge in [0.1, 0.15) is 16.9 Å². The van der Waals surface area contributed by atoms with Crippen LogP contribution in [0.5, 0.6) is 11.5 Å². The lowest BCUT2D eigenvalue weighted by atomic mass is 10.2. The second-order valence-electron chi connectivity index (χ2n) is 6.86. The number of benzene rings is 2. The first kappa shape index (κ1) is 18.4. The fourth-order valence-corrected chi connectivity index (χ4v) is 4.50. The summed E-state index contributed by atoms with van der Waals surface area (Å²) in [5.41, 5.74) is 0.970. The third-order valence-electron chi connectivity index (χ3n) is 4.79. The van der Waals surface area contributed by atoms with Crippen LogP contribution in [0.3, 0.4) is 0 Å². The maximum absolute atomic E-state index is 12.7. The van der Waals surface area contributed by atoms with Crippen LogP contribution in [0.1, 0.15) is 12.5 Å². The molecule has 1 atom stereocenters. The molecule has 0 aliphatic carbocycles. The van der Waals surface area contributed by atoms with Gasteiger partial charge >= 0.3 is 0 Å². The van der Waals surface area contributed by atoms with E-state index in [1.807, 2.05) is 30.3 Å². The third kappa shape index (κ3) is 3.55. The number of para-hydroxylation sites is 1. The van der Waals surface area contributed by atoms with E-state index < -0.39 is 0 Å². The van der Waals surface area contributed by atoms with Gasteiger partial charge in [-0.15, -0.1) is 0 Å². The summed E-state index contributed by atoms with van der Waals surface area (Å²) in [5.74, 6) is 1.89. The third-order valence-corrected chi connectivity index (χ3v) is 5.89. The fourth-order valence-electron chi connectivity index (χ4n) is 3.36. The van der Waals surface area contributed by atoms with Gasteiger partial charge < -0.3 is 10.1 Å². The van der Waals surface area contributed by atoms with Gasteiger partial charge in [0.05, 0.1) is 12.2 Å². The van der Waals surface area contributed by atoms with Crippen molar-refractivity contribution in [3.63, 3.8) is 0 Å². The Morgan fingerprint density at radius 1 is 1.17 bits per heavy atom. The van der Waals surface area contributed by atoms with Crippen LogP contribution in [0, 0.1) is 0 Å². The van der Waals surface area contributed by atoms with Crippen LogP contribution in [0.2, 0.25) is 0 Å². The van der Waals surface area contributed by atoms with E-state index in [1.165, 1.54) is 18.0 Å². The highest BCUT2D eigenvalue weighted by molar-refractivity contribution is 7.99. The van der Waals surface area contributed by atoms with Crippen molar-refractivity contribution in [1.29, 1.82) is 0 Å². The van der Waals surface area contributed by atoms with E-state index in [1.54, 1.807) is 28.8 Å². The molecule has 0 saturated carbocycles. The Hall–Kier alpha value is -3.59. The monoisotopic (exact) mass is 419 g/mol. The number of ether oxygens (including phenoxy) is 1. The second kappa shape index (κ2) is 7.68. The Labute approximate surface area is 175 Å². The standard InChI is InChI=1S/C21H17N5O3S/c27-18(23-13-6-8-16(9-7-13)29-15-4-2-1-3-5-15)10-14-12-30-21-24-19-17(11-22-25-19)20(28)26(14)21/h1-9,11,14H,10,12H2,(H,22,25)(H,23,27). The number of aromatic amines is 1. The number of thioether (sulfide) groups is 1. The van der Waals surface area contributed by atoms with Gasteiger partial charge in [0.15, 0.2) is 10.8 Å². The number of anilines is 1. The number of amides is 1. The van der Waals surface area contributed by atoms with Crippen molar-refractivity contribution in [3.8, 4) is 11.5 Å². The minimum Gasteiger partial charge on any atom is -0.457 e. The van der Waals surface area contributed by atoms with E-state index in [9.17, 15) is 9.59 Å². The summed E-state index contributed by atoms with van der Waals surface area (Å²) in [5, 5.41) is 10.5. The van der Waals surface area contributed by atoms with Crippen LogP contribution in [0.15, 0.2) is 70.7 Å². The predicted octanol–water partition coefficient (Wildman–Crippen LogP) is 3.59. The molecule has 9 heteroatoms. The highest BCUT2D eigenvalue weighted by Crippen LogP contribution is 2.33. The lowest BCUT2D eigenvalue weighted by Gasteiger charge is -2.13. The topological polar surface area (TPSA) is 102 Å². The summed E-state index contributed by atoms with van der Waals surface area (Å²) < 4.78 is 7.35. The van der Waals surface area contributed by atoms with Gasteiger partial charge in [-0.3, -0.25) is 19.3 Å². The van der Waals surface area contributed by atoms with Crippen molar-refractivity contribution in [2.24, 2.45) is 0 Å². The Bertz CT molecular complexity index is 1270. The van der Waals surface area contributed by atoms with Crippen LogP contribution in [0.25, 0.3) is 11.0 Å². The number of hydrogen-bond acceptors (Lipinski definition) is 6. The van der Waals surface area contributed by atoms with Crippen LogP contribution in [0.4, 0.5) is 5.69 Å². The highest BCUT2D eigenvalue weighted by atomic mass is 32.2. The summed E-state index contributed by atoms with van der Waals surface area (Å²) in [4.78, 5) is 29.7. The van der Waals surface area contributed by atoms with Crippen LogP contribution in [-0.2, 0) is 4.79 Å². The van der Waals surface area contributed by atoms with Crippen molar-refractivity contribution in [1.82, 2.24) is 19.7 Å². The van der Waals surface area contributed by atoms with Gasteiger partial charge in [0.25, 0.3) is 5.56 Å². The smallest absolute Gasteiger partial charge is 0.265 e. The minimum atomic E-state index is -0.245. The number of H-pyrrole nitrogens is 1. The molecule has 1 aliphatic heterocycles. The van der Waals surface area contributed by atoms with Gasteiger partial charge in [0.2, 0.25) is 5.91 Å². The van der Waals surface area contributed by atoms with Crippen LogP contribution < -0.4 is 15.6 Å². The lowest BCUT2D eigenvalue weighted by molar-refractivity contribution is -0.116. The zero-order valence-corrected chi connectivity index (χ0v) is 16.6. The Morgan fingerprint density at radius 3 is 2.73 bits per heavy atom. The van der Waals surface area contributed by atoms with E-state index in [-0.39, 0.29) is 23.9 Å². The molecule has 0 radical (unpaired) electrons. The van der Waals surface area contributed by atoms with Crippen molar-refractivity contribution in [2.75, 3.05) is 11.1 Å². The number of nitrogens with zero attached hydrogens (tertiary/aromatic N) is 3. The summed E-state index contributed by atoms with van der Waals surface area (Å²) >= 11 is 1.47. The number of aromatic nitrogens is 4. The average Bonchev–Trinajstić information content (AvgIpc) is 3.38. The van der Waals surface area contributed by atoms with Crippen molar-refractivity contribution in [3.05, 3.63) is 71.1 Å². The molecule has 1 unspecified atom stereocenters. The summed E-state index contributed by atoms with van der Waals surface area (Å²) in [6, 6.07) is 16.4. The predicted molar refractivity (Wildman–Crippen MR) is 114 cm³/mol. The van der Waals surface area contributed by atoms with Crippen LogP contribution >= 0.6 is 11.8 Å². The number of nitrogens with one attached hydrogen (secondary N) is 2. The SMILES string of the molecule is O=C(CC1CSc2nc3[nH]ncc3c(=O)n21)Nc1ccc(Oc2ccccc2)cc1. The maximum atomic E-state index is 12.7. The largest absolute Gasteiger partial charge is 0.457 e. The first-order chi connectivity index (χ1) is 14.7. The zero-order valence-electron chi connectivity index (χ0n) is 15.7. The van der Waals surface area contributed by atoms with E-state index in [4.69, 9.17) is 4.74 Å². The normalized spacial score (nSPS) is 15.1. The Kier molecular flexibility index (Phi) is 4.72. The molecule has 3 heterocycles. The van der Waals surface area contributed by atoms with Crippen molar-refractivity contribution in [2.45, 2.75) is 17.6 Å². The molecule has 2 aromatic carbocycles. The Morgan fingerprint density at radius 2 is 1.93 bits per heavy atom. The molecule has 8 nitrogen and oxygen atoms in total. The van der Waals surface area contributed by atoms with Gasteiger partial charge in [0, 0.05) is 17.9 Å². The minimum absolute atomic E-state index is 0.163. The quantitative estimate of drug-likeness (QED) is 0.480. The number of carbonyl (C=O) groups excluding carboxylic acids is 1. The first-order valence-electron chi connectivity index (χ1n) is 9.38. The molecule has 30 heavy (non-hydrogen) atoms. The maximum Gasteiger partial charge on any atom is 0.265 e. The molecular formula is C21H17N5O3S. The molecule has 150 valence electrons. The molecule has 0 bridgehead atoms. The molecular weight excluding hydrogens is 402 g/mol. The fraction of sp³-hybridized carbons (Fsp3) is 0.143. The second-order valence-corrected chi connectivity index (χ2v) is 7.85. The molecule has 5 rings (SSSR count). The number of fused-ring (bicyclic) bond motifs is 2. The van der Waals surface area contributed by atoms with E-state index in [0.29, 0.717) is 33.4 Å². The summed E-state index contributed by atoms with van der Waals surface area (Å²) in [7, 11) is 0. The molecule has 2 N–H and O–H groups in total. The van der Waals surface area contributed by atoms with Gasteiger partial charge in [-0.2, -0.15) is 5.10 Å². The Balaban J connectivity index is 1.26. The van der Waals surface area contributed by atoms with Gasteiger partial charge in [-0.25, -0.2) is 4.98 Å². The average molecular weight is 419 g/mol. The number of rotatable bonds is 5. The van der Waals surface area contributed by atoms with Crippen LogP contribution in [-0.4, -0.2) is 31.4 Å². The number of hydrogen-bond donors (Lipinski definition) is 2. The molecule has 1 aliphatic rings. The summed E-state index contributed by atoms with van der Waals surface area (Å²) in [6.07, 6.45) is 1.66. The highest BCUT2D eigenvalue weighted by Gasteiger charge is 2.28. The van der Waals surface area contributed by atoms with Crippen molar-refractivity contribution >= 4 is 34.4 Å². The molecule has 2 aromatic heterocycles. The molecule has 1 amide bonds. The van der Waals surface area contributed by atoms with E-state index in [2.05, 4.69) is 20.5 Å². The molecule has 0 spiro atoms. The summed E-state index contributed by atoms with van der Waals surface area (Å²) in [6.45, 7) is 0. The van der Waals surface area contributed by atoms with E-state index >= 15 is 0 Å². The zero-order chi connectivity index (χ0) is 20.5. The van der Waals surface area contributed by atoms with Gasteiger partial charge in [-0.1, -0.05) is 30.0 Å². The molecule has 0 saturated heterocycles. The first-order valence-corrected chi connectivity index (χ1v) is 10.4. The molecule has 4 aromatic rings. The van der Waals surface area contributed by atoms with Crippen molar-refractivity contribution < 1.29 is 9.53 Å². The van der Waals surface area contributed by atoms with Gasteiger partial charge in [-0.05, 0) is 36.4 Å². The lowest BCUT2D eigenvalue weighted by Crippen LogP contribution is -2.27. The molecule has 0 fully saturated rings. The number of carbonyl (C=O) groups is 1. The van der Waals surface area contributed by atoms with E-state index in [0.717, 1.165) is 5.75 Å².